The number of hydrogen-bond donors (Lipinski definition) is 1. The Morgan fingerprint density at radius 2 is 1.53 bits per heavy atom. The van der Waals surface area contributed by atoms with E-state index in [-0.39, 0.29) is 0 Å². The van der Waals surface area contributed by atoms with E-state index < -0.39 is 0 Å². The Kier molecular flexibility index (Phi) is 5.73. The van der Waals surface area contributed by atoms with Crippen molar-refractivity contribution in [3.8, 4) is 22.5 Å². The van der Waals surface area contributed by atoms with Crippen molar-refractivity contribution in [2.24, 2.45) is 0 Å². The number of fused-ring (bicyclic) bond motifs is 8. The summed E-state index contributed by atoms with van der Waals surface area (Å²) >= 11 is 0. The molecule has 38 heavy (non-hydrogen) atoms. The van der Waals surface area contributed by atoms with E-state index in [9.17, 15) is 0 Å². The summed E-state index contributed by atoms with van der Waals surface area (Å²) < 4.78 is 4.92. The van der Waals surface area contributed by atoms with Crippen molar-refractivity contribution in [2.45, 2.75) is 58.5 Å². The summed E-state index contributed by atoms with van der Waals surface area (Å²) in [7, 11) is 0. The van der Waals surface area contributed by atoms with Gasteiger partial charge in [-0.05, 0) is 58.7 Å². The minimum absolute atomic E-state index is 0.530. The Bertz CT molecular complexity index is 1700. The van der Waals surface area contributed by atoms with Crippen molar-refractivity contribution in [1.82, 2.24) is 4.98 Å². The summed E-state index contributed by atoms with van der Waals surface area (Å²) in [6.07, 6.45) is 15.8. The first-order chi connectivity index (χ1) is 18.7. The summed E-state index contributed by atoms with van der Waals surface area (Å²) in [4.78, 5) is 3.48. The van der Waals surface area contributed by atoms with Crippen molar-refractivity contribution in [2.75, 3.05) is 0 Å². The minimum atomic E-state index is 0.530. The molecule has 2 aliphatic rings. The Morgan fingerprint density at radius 1 is 0.763 bits per heavy atom. The van der Waals surface area contributed by atoms with Crippen LogP contribution in [0.1, 0.15) is 60.4 Å². The zero-order chi connectivity index (χ0) is 25.6. The van der Waals surface area contributed by atoms with Gasteiger partial charge in [-0.15, -0.1) is 0 Å². The molecule has 0 unspecified atom stereocenters. The minimum Gasteiger partial charge on any atom is -0.361 e. The van der Waals surface area contributed by atoms with Crippen LogP contribution in [0.25, 0.3) is 45.6 Å². The molecule has 3 aromatic heterocycles. The van der Waals surface area contributed by atoms with Gasteiger partial charge in [0, 0.05) is 54.2 Å². The predicted molar refractivity (Wildman–Crippen MR) is 156 cm³/mol. The van der Waals surface area contributed by atoms with E-state index in [1.165, 1.54) is 74.1 Å². The SMILES string of the molecule is CC(C)c1ccc2c(/C=C/c3cc[n+]4c(c3)-c3c(ccc5c3-c3cccc[n+]3CCC5)CCC4)c[nH]c2c1. The smallest absolute Gasteiger partial charge is 0.214 e. The molecule has 0 spiro atoms. The second-order valence-corrected chi connectivity index (χ2v) is 11.2. The number of benzene rings is 2. The van der Waals surface area contributed by atoms with Gasteiger partial charge < -0.3 is 4.98 Å². The van der Waals surface area contributed by atoms with E-state index in [1.54, 1.807) is 0 Å². The van der Waals surface area contributed by atoms with Crippen LogP contribution < -0.4 is 9.13 Å². The lowest BCUT2D eigenvalue weighted by Crippen LogP contribution is -2.36. The molecule has 3 nitrogen and oxygen atoms in total. The fraction of sp³-hybridized carbons (Fsp3) is 0.257. The Hall–Kier alpha value is -3.98. The molecule has 2 aromatic carbocycles. The monoisotopic (exact) mass is 497 g/mol. The quantitative estimate of drug-likeness (QED) is 0.254. The van der Waals surface area contributed by atoms with Crippen molar-refractivity contribution in [1.29, 1.82) is 0 Å². The first-order valence-electron chi connectivity index (χ1n) is 14.1. The third-order valence-electron chi connectivity index (χ3n) is 8.44. The first-order valence-corrected chi connectivity index (χ1v) is 14.1. The number of hydrogen-bond acceptors (Lipinski definition) is 0. The van der Waals surface area contributed by atoms with E-state index >= 15 is 0 Å². The summed E-state index contributed by atoms with van der Waals surface area (Å²) in [5.41, 5.74) is 13.6. The van der Waals surface area contributed by atoms with Crippen molar-refractivity contribution in [3.05, 3.63) is 107 Å². The van der Waals surface area contributed by atoms with Crippen LogP contribution >= 0.6 is 0 Å². The van der Waals surface area contributed by atoms with Crippen LogP contribution in [0.4, 0.5) is 0 Å². The van der Waals surface area contributed by atoms with E-state index in [2.05, 4.69) is 119 Å². The van der Waals surface area contributed by atoms with E-state index in [0.717, 1.165) is 25.9 Å². The molecule has 7 rings (SSSR count). The van der Waals surface area contributed by atoms with Gasteiger partial charge in [0.05, 0.1) is 11.1 Å². The van der Waals surface area contributed by atoms with Gasteiger partial charge >= 0.3 is 0 Å². The first kappa shape index (κ1) is 23.2. The van der Waals surface area contributed by atoms with Crippen molar-refractivity contribution < 1.29 is 9.13 Å². The zero-order valence-electron chi connectivity index (χ0n) is 22.4. The number of H-pyrrole nitrogens is 1. The highest BCUT2D eigenvalue weighted by atomic mass is 15.0. The standard InChI is InChI=1S/C35H34N3/c1-24(2)28-14-15-30-29(23-36-31(30)22-28)11-10-25-16-20-38-19-6-8-27-13-12-26-7-5-18-37-17-4-3-9-32(37)34(26)35(27)33(38)21-25/h3-4,9-17,20-24H,5-8,18-19H2,1-2H3/q+1/p+1. The highest BCUT2D eigenvalue weighted by Crippen LogP contribution is 2.39. The van der Waals surface area contributed by atoms with Gasteiger partial charge in [0.15, 0.2) is 12.4 Å². The van der Waals surface area contributed by atoms with Crippen LogP contribution in [0.2, 0.25) is 0 Å². The average Bonchev–Trinajstić information content (AvgIpc) is 3.12. The largest absolute Gasteiger partial charge is 0.361 e. The van der Waals surface area contributed by atoms with Crippen LogP contribution in [0.15, 0.2) is 79.3 Å². The summed E-state index contributed by atoms with van der Waals surface area (Å²) in [5.74, 6) is 0.530. The van der Waals surface area contributed by atoms with Crippen LogP contribution in [-0.4, -0.2) is 4.98 Å². The fourth-order valence-electron chi connectivity index (χ4n) is 6.38. The third-order valence-corrected chi connectivity index (χ3v) is 8.44. The van der Waals surface area contributed by atoms with Gasteiger partial charge in [-0.1, -0.05) is 50.3 Å². The van der Waals surface area contributed by atoms with Crippen LogP contribution in [0.3, 0.4) is 0 Å². The molecule has 188 valence electrons. The maximum atomic E-state index is 3.48. The van der Waals surface area contributed by atoms with Crippen LogP contribution in [-0.2, 0) is 25.9 Å². The van der Waals surface area contributed by atoms with E-state index in [0.29, 0.717) is 5.92 Å². The molecule has 0 bridgehead atoms. The summed E-state index contributed by atoms with van der Waals surface area (Å²) in [6.45, 7) is 6.62. The topological polar surface area (TPSA) is 23.5 Å². The van der Waals surface area contributed by atoms with Crippen LogP contribution in [0.5, 0.6) is 0 Å². The van der Waals surface area contributed by atoms with Gasteiger partial charge in [0.2, 0.25) is 11.4 Å². The fourth-order valence-corrected chi connectivity index (χ4v) is 6.38. The molecule has 1 N–H and O–H groups in total. The molecule has 0 amide bonds. The Morgan fingerprint density at radius 3 is 2.32 bits per heavy atom. The summed E-state index contributed by atoms with van der Waals surface area (Å²) in [6, 6.07) is 22.9. The lowest BCUT2D eigenvalue weighted by molar-refractivity contribution is -0.687. The van der Waals surface area contributed by atoms with Gasteiger partial charge in [-0.2, -0.15) is 9.13 Å². The zero-order valence-corrected chi connectivity index (χ0v) is 22.4. The maximum absolute atomic E-state index is 3.48. The molecule has 2 aliphatic heterocycles. The number of nitrogens with one attached hydrogen (secondary N) is 1. The molecule has 0 aliphatic carbocycles. The van der Waals surface area contributed by atoms with Gasteiger partial charge in [0.1, 0.15) is 13.1 Å². The number of aromatic amines is 1. The number of aryl methyl sites for hydroxylation is 4. The van der Waals surface area contributed by atoms with Crippen molar-refractivity contribution >= 4 is 23.1 Å². The van der Waals surface area contributed by atoms with E-state index in [1.807, 2.05) is 0 Å². The molecular weight excluding hydrogens is 462 g/mol. The number of pyridine rings is 2. The average molecular weight is 498 g/mol. The molecule has 3 heteroatoms. The van der Waals surface area contributed by atoms with Crippen LogP contribution in [0, 0.1) is 0 Å². The third kappa shape index (κ3) is 3.98. The van der Waals surface area contributed by atoms with Gasteiger partial charge in [-0.25, -0.2) is 0 Å². The Labute approximate surface area is 225 Å². The normalized spacial score (nSPS) is 14.6. The van der Waals surface area contributed by atoms with Gasteiger partial charge in [0.25, 0.3) is 0 Å². The lowest BCUT2D eigenvalue weighted by Gasteiger charge is -2.13. The summed E-state index contributed by atoms with van der Waals surface area (Å²) in [5, 5.41) is 1.28. The molecule has 0 saturated carbocycles. The molecule has 0 atom stereocenters. The van der Waals surface area contributed by atoms with Gasteiger partial charge in [-0.3, -0.25) is 0 Å². The number of aromatic nitrogens is 3. The number of nitrogens with zero attached hydrogens (tertiary/aromatic N) is 2. The second kappa shape index (κ2) is 9.40. The van der Waals surface area contributed by atoms with E-state index in [4.69, 9.17) is 0 Å². The Balaban J connectivity index is 1.34. The molecule has 0 fully saturated rings. The lowest BCUT2D eigenvalue weighted by atomic mass is 9.88. The number of rotatable bonds is 3. The van der Waals surface area contributed by atoms with Crippen molar-refractivity contribution in [3.63, 3.8) is 0 Å². The molecule has 5 heterocycles. The second-order valence-electron chi connectivity index (χ2n) is 11.2. The molecular formula is C35H35N3+2. The highest BCUT2D eigenvalue weighted by molar-refractivity contribution is 5.92. The predicted octanol–water partition coefficient (Wildman–Crippen LogP) is 7.26. The molecule has 5 aromatic rings. The molecule has 0 radical (unpaired) electrons. The maximum Gasteiger partial charge on any atom is 0.214 e. The highest BCUT2D eigenvalue weighted by Gasteiger charge is 2.31. The molecule has 0 saturated heterocycles.